The molecule has 0 aliphatic heterocycles. The number of unbranched alkanes of at least 4 members (excludes halogenated alkanes) is 7. The summed E-state index contributed by atoms with van der Waals surface area (Å²) >= 11 is 0. The molecule has 0 saturated carbocycles. The van der Waals surface area contributed by atoms with Gasteiger partial charge in [-0.1, -0.05) is 270 Å². The van der Waals surface area contributed by atoms with E-state index in [4.69, 9.17) is 4.74 Å². The van der Waals surface area contributed by atoms with Gasteiger partial charge in [0.1, 0.15) is 5.75 Å². The molecule has 9 heteroatoms. The molecule has 0 saturated heterocycles. The van der Waals surface area contributed by atoms with Crippen LogP contribution in [0.4, 0.5) is 13.2 Å². The third-order valence-corrected chi connectivity index (χ3v) is 29.6. The molecule has 62 heavy (non-hydrogen) atoms. The molecule has 0 aliphatic carbocycles. The topological polar surface area (TPSA) is 12.5 Å². The van der Waals surface area contributed by atoms with Crippen molar-refractivity contribution < 1.29 is 17.9 Å². The van der Waals surface area contributed by atoms with E-state index >= 15 is 0 Å². The zero-order chi connectivity index (χ0) is 44.9. The van der Waals surface area contributed by atoms with Crippen molar-refractivity contribution in [1.29, 1.82) is 0 Å². The Labute approximate surface area is 380 Å². The van der Waals surface area contributed by atoms with Gasteiger partial charge in [0.2, 0.25) is 0 Å². The summed E-state index contributed by atoms with van der Waals surface area (Å²) in [6, 6.07) is 45.1. The maximum atomic E-state index is 14.2. The third kappa shape index (κ3) is 14.9. The average molecular weight is 922 g/mol. The fourth-order valence-corrected chi connectivity index (χ4v) is 26.7. The van der Waals surface area contributed by atoms with Crippen molar-refractivity contribution in [2.45, 2.75) is 181 Å². The Bertz CT molecular complexity index is 1690. The van der Waals surface area contributed by atoms with Crippen LogP contribution in [-0.2, 0) is 0 Å². The van der Waals surface area contributed by atoms with Gasteiger partial charge in [0.25, 0.3) is 0 Å². The fraction of sp³-hybridized carbons (Fsp3) is 0.547. The van der Waals surface area contributed by atoms with Gasteiger partial charge in [0.15, 0.2) is 0 Å². The monoisotopic (exact) mass is 922 g/mol. The van der Waals surface area contributed by atoms with Crippen molar-refractivity contribution in [2.75, 3.05) is 6.54 Å². The number of para-hydroxylation sites is 1. The minimum Gasteiger partial charge on any atom is -0.405 e. The zero-order valence-corrected chi connectivity index (χ0v) is 43.3. The molecule has 4 aromatic rings. The Balaban J connectivity index is 2.03. The highest BCUT2D eigenvalue weighted by Gasteiger charge is 2.39. The first-order valence-electron chi connectivity index (χ1n) is 24.5. The molecule has 4 aromatic carbocycles. The molecule has 0 spiro atoms. The lowest BCUT2D eigenvalue weighted by molar-refractivity contribution is -0.274. The molecule has 1 atom stereocenters. The van der Waals surface area contributed by atoms with Crippen LogP contribution in [0.15, 0.2) is 103 Å². The van der Waals surface area contributed by atoms with Gasteiger partial charge in [-0.2, -0.15) is 0 Å². The van der Waals surface area contributed by atoms with Gasteiger partial charge in [0, 0.05) is 28.0 Å². The molecule has 1 unspecified atom stereocenters. The molecule has 0 aromatic heterocycles. The second-order valence-corrected chi connectivity index (χ2v) is 31.5. The standard InChI is InChI=1S/C53H80F3NOP2Si2/c1-8-15-39-57(60(46-27-23-22-24-28-46)52-30-26-25-29-51(52)58-53(54,55)56)59(47-31-35-49(36-32-47)61(40-16-9-2,41-17-10-3)42-18-11-4)48-33-37-50(38-34-48)62(43-19-12-5,44-20-13-6)45-21-14-7/h22-38H,8-21,39-45H2,1-7H3. The summed E-state index contributed by atoms with van der Waals surface area (Å²) in [6.45, 7) is 17.0. The van der Waals surface area contributed by atoms with E-state index < -0.39 is 38.7 Å². The fourth-order valence-electron chi connectivity index (χ4n) is 9.43. The number of nitrogens with zero attached hydrogens (tertiary/aromatic N) is 1. The Morgan fingerprint density at radius 1 is 0.435 bits per heavy atom. The molecular weight excluding hydrogens is 842 g/mol. The minimum absolute atomic E-state index is 0.103. The lowest BCUT2D eigenvalue weighted by Gasteiger charge is -2.40. The first kappa shape index (κ1) is 52.3. The summed E-state index contributed by atoms with van der Waals surface area (Å²) in [5, 5.41) is 7.39. The van der Waals surface area contributed by atoms with E-state index in [9.17, 15) is 13.2 Å². The summed E-state index contributed by atoms with van der Waals surface area (Å²) in [6.07, 6.45) is 12.2. The highest BCUT2D eigenvalue weighted by Crippen LogP contribution is 2.56. The van der Waals surface area contributed by atoms with E-state index in [-0.39, 0.29) is 5.75 Å². The van der Waals surface area contributed by atoms with Gasteiger partial charge >= 0.3 is 6.36 Å². The van der Waals surface area contributed by atoms with Crippen LogP contribution < -0.4 is 36.3 Å². The summed E-state index contributed by atoms with van der Waals surface area (Å²) < 4.78 is 50.1. The smallest absolute Gasteiger partial charge is 0.405 e. The molecule has 4 rings (SSSR count). The number of hydrogen-bond acceptors (Lipinski definition) is 2. The van der Waals surface area contributed by atoms with E-state index in [0.717, 1.165) is 24.7 Å². The molecule has 0 bridgehead atoms. The van der Waals surface area contributed by atoms with Crippen molar-refractivity contribution >= 4 is 63.9 Å². The molecule has 0 amide bonds. The lowest BCUT2D eigenvalue weighted by atomic mass is 10.3. The maximum absolute atomic E-state index is 14.2. The summed E-state index contributed by atoms with van der Waals surface area (Å²) in [7, 11) is -6.12. The quantitative estimate of drug-likeness (QED) is 0.0382. The maximum Gasteiger partial charge on any atom is 0.573 e. The lowest BCUT2D eigenvalue weighted by Crippen LogP contribution is -2.48. The van der Waals surface area contributed by atoms with E-state index in [1.165, 1.54) is 130 Å². The van der Waals surface area contributed by atoms with E-state index in [1.807, 2.05) is 30.3 Å². The molecule has 2 nitrogen and oxygen atoms in total. The minimum atomic E-state index is -4.80. The summed E-state index contributed by atoms with van der Waals surface area (Å²) in [5.74, 6) is -0.103. The van der Waals surface area contributed by atoms with Gasteiger partial charge in [-0.15, -0.1) is 13.2 Å². The van der Waals surface area contributed by atoms with Crippen LogP contribution in [0.3, 0.4) is 0 Å². The Morgan fingerprint density at radius 3 is 1.16 bits per heavy atom. The number of ether oxygens (including phenoxy) is 1. The number of rotatable bonds is 30. The van der Waals surface area contributed by atoms with Crippen molar-refractivity contribution in [3.05, 3.63) is 103 Å². The van der Waals surface area contributed by atoms with Crippen LogP contribution in [-0.4, -0.2) is 33.5 Å². The molecule has 342 valence electrons. The molecule has 0 radical (unpaired) electrons. The van der Waals surface area contributed by atoms with Crippen LogP contribution in [0, 0.1) is 0 Å². The van der Waals surface area contributed by atoms with Crippen molar-refractivity contribution in [3.63, 3.8) is 0 Å². The molecule has 0 heterocycles. The number of alkyl halides is 3. The first-order chi connectivity index (χ1) is 30.1. The second-order valence-electron chi connectivity index (χ2n) is 17.7. The Morgan fingerprint density at radius 2 is 0.790 bits per heavy atom. The molecule has 0 aliphatic rings. The molecule has 0 fully saturated rings. The van der Waals surface area contributed by atoms with Gasteiger partial charge < -0.3 is 4.74 Å². The van der Waals surface area contributed by atoms with Gasteiger partial charge in [-0.05, 0) is 34.5 Å². The normalized spacial score (nSPS) is 13.0. The van der Waals surface area contributed by atoms with Crippen LogP contribution in [0.25, 0.3) is 0 Å². The highest BCUT2D eigenvalue weighted by atomic mass is 31.2. The zero-order valence-electron chi connectivity index (χ0n) is 39.5. The first-order valence-corrected chi connectivity index (χ1v) is 32.4. The highest BCUT2D eigenvalue weighted by molar-refractivity contribution is 7.84. The largest absolute Gasteiger partial charge is 0.573 e. The van der Waals surface area contributed by atoms with Crippen LogP contribution in [0.5, 0.6) is 5.75 Å². The summed E-state index contributed by atoms with van der Waals surface area (Å²) in [5.41, 5.74) is 0. The van der Waals surface area contributed by atoms with Crippen molar-refractivity contribution in [2.24, 2.45) is 0 Å². The van der Waals surface area contributed by atoms with E-state index in [2.05, 4.69) is 114 Å². The Kier molecular flexibility index (Phi) is 23.0. The average Bonchev–Trinajstić information content (AvgIpc) is 3.29. The van der Waals surface area contributed by atoms with Gasteiger partial charge in [-0.3, -0.25) is 0 Å². The van der Waals surface area contributed by atoms with Gasteiger partial charge in [-0.25, -0.2) is 4.44 Å². The SMILES string of the molecule is CCCCN(P(c1ccc([Si](CCCC)(CCCC)CCCC)cc1)c1ccc([Si](CCCC)(CCCC)CCCC)cc1)P(c1ccccc1)c1ccccc1OC(F)(F)F. The van der Waals surface area contributed by atoms with Crippen LogP contribution in [0.1, 0.15) is 138 Å². The van der Waals surface area contributed by atoms with Crippen LogP contribution >= 0.6 is 16.1 Å². The van der Waals surface area contributed by atoms with E-state index in [1.54, 1.807) is 16.4 Å². The van der Waals surface area contributed by atoms with Crippen molar-refractivity contribution in [1.82, 2.24) is 4.44 Å². The second kappa shape index (κ2) is 27.3. The van der Waals surface area contributed by atoms with E-state index in [0.29, 0.717) is 5.30 Å². The van der Waals surface area contributed by atoms with Gasteiger partial charge in [0.05, 0.1) is 16.1 Å². The molecule has 0 N–H and O–H groups in total. The number of halogens is 3. The number of hydrogen-bond donors (Lipinski definition) is 0. The predicted octanol–water partition coefficient (Wildman–Crippen LogP) is 15.2. The van der Waals surface area contributed by atoms with Crippen LogP contribution in [0.2, 0.25) is 36.3 Å². The molecular formula is C53H80F3NOP2Si2. The Hall–Kier alpha value is -2.28. The number of benzene rings is 4. The van der Waals surface area contributed by atoms with Crippen molar-refractivity contribution in [3.8, 4) is 5.75 Å². The third-order valence-electron chi connectivity index (χ3n) is 13.0. The predicted molar refractivity (Wildman–Crippen MR) is 276 cm³/mol. The summed E-state index contributed by atoms with van der Waals surface area (Å²) in [4.78, 5) is 0.